The Hall–Kier alpha value is -0.360. The van der Waals surface area contributed by atoms with E-state index in [0.29, 0.717) is 5.88 Å². The van der Waals surface area contributed by atoms with Crippen LogP contribution in [-0.4, -0.2) is 15.7 Å². The highest BCUT2D eigenvalue weighted by atomic mass is 127. The summed E-state index contributed by atoms with van der Waals surface area (Å²) >= 11 is 7.76. The molecule has 0 aliphatic heterocycles. The van der Waals surface area contributed by atoms with Gasteiger partial charge in [-0.2, -0.15) is 5.10 Å². The predicted molar refractivity (Wildman–Crippen MR) is 72.4 cm³/mol. The first kappa shape index (κ1) is 12.1. The second-order valence-corrected chi connectivity index (χ2v) is 4.97. The third kappa shape index (κ3) is 2.48. The van der Waals surface area contributed by atoms with Crippen LogP contribution in [0, 0.1) is 9.52 Å². The summed E-state index contributed by atoms with van der Waals surface area (Å²) in [7, 11) is 0. The highest BCUT2D eigenvalue weighted by molar-refractivity contribution is 14.1. The summed E-state index contributed by atoms with van der Waals surface area (Å²) in [5.74, 6) is 0.455. The fourth-order valence-corrected chi connectivity index (χ4v) is 2.52. The predicted octanol–water partition coefficient (Wildman–Crippen LogP) is 3.80. The molecule has 2 aromatic rings. The standard InChI is InChI=1S/C11H11ClFIN2/c12-5-1-2-6-16-10-4-3-8(13)7-9(10)11(14)15-16/h3-4,7H,1-2,5-6H2. The van der Waals surface area contributed by atoms with Gasteiger partial charge in [0.15, 0.2) is 0 Å². The Morgan fingerprint density at radius 1 is 1.38 bits per heavy atom. The van der Waals surface area contributed by atoms with E-state index in [9.17, 15) is 4.39 Å². The number of benzene rings is 1. The van der Waals surface area contributed by atoms with Gasteiger partial charge in [0.05, 0.1) is 5.52 Å². The number of alkyl halides is 1. The van der Waals surface area contributed by atoms with Gasteiger partial charge < -0.3 is 0 Å². The highest BCUT2D eigenvalue weighted by Gasteiger charge is 2.08. The molecule has 0 saturated heterocycles. The van der Waals surface area contributed by atoms with Crippen LogP contribution in [0.4, 0.5) is 4.39 Å². The van der Waals surface area contributed by atoms with Crippen LogP contribution >= 0.6 is 34.2 Å². The maximum atomic E-state index is 13.1. The molecule has 0 amide bonds. The lowest BCUT2D eigenvalue weighted by atomic mass is 10.2. The van der Waals surface area contributed by atoms with E-state index in [1.807, 2.05) is 4.68 Å². The third-order valence-corrected chi connectivity index (χ3v) is 3.49. The molecule has 2 rings (SSSR count). The topological polar surface area (TPSA) is 17.8 Å². The average Bonchev–Trinajstić information content (AvgIpc) is 2.56. The number of aryl methyl sites for hydroxylation is 1. The van der Waals surface area contributed by atoms with Crippen LogP contribution in [0.2, 0.25) is 0 Å². The summed E-state index contributed by atoms with van der Waals surface area (Å²) in [5.41, 5.74) is 0.986. The van der Waals surface area contributed by atoms with Gasteiger partial charge in [-0.1, -0.05) is 0 Å². The largest absolute Gasteiger partial charge is 0.264 e. The number of unbranched alkanes of at least 4 members (excludes halogenated alkanes) is 1. The van der Waals surface area contributed by atoms with Crippen molar-refractivity contribution in [3.63, 3.8) is 0 Å². The molecule has 1 aromatic carbocycles. The summed E-state index contributed by atoms with van der Waals surface area (Å²) in [5, 5.41) is 5.28. The summed E-state index contributed by atoms with van der Waals surface area (Å²) in [4.78, 5) is 0. The fraction of sp³-hybridized carbons (Fsp3) is 0.364. The maximum absolute atomic E-state index is 13.1. The van der Waals surface area contributed by atoms with Crippen molar-refractivity contribution in [3.05, 3.63) is 27.7 Å². The highest BCUT2D eigenvalue weighted by Crippen LogP contribution is 2.21. The molecule has 0 fully saturated rings. The Morgan fingerprint density at radius 2 is 2.19 bits per heavy atom. The first-order valence-electron chi connectivity index (χ1n) is 5.10. The lowest BCUT2D eigenvalue weighted by molar-refractivity contribution is 0.586. The fourth-order valence-electron chi connectivity index (χ4n) is 1.64. The van der Waals surface area contributed by atoms with Crippen molar-refractivity contribution in [1.82, 2.24) is 9.78 Å². The minimum atomic E-state index is -0.217. The zero-order chi connectivity index (χ0) is 11.5. The molecule has 0 atom stereocenters. The molecular weight excluding hydrogens is 341 g/mol. The maximum Gasteiger partial charge on any atom is 0.131 e. The van der Waals surface area contributed by atoms with E-state index in [2.05, 4.69) is 27.7 Å². The van der Waals surface area contributed by atoms with Crippen molar-refractivity contribution in [1.29, 1.82) is 0 Å². The average molecular weight is 353 g/mol. The van der Waals surface area contributed by atoms with Gasteiger partial charge in [0, 0.05) is 17.8 Å². The molecule has 0 unspecified atom stereocenters. The zero-order valence-electron chi connectivity index (χ0n) is 8.59. The number of rotatable bonds is 4. The molecule has 5 heteroatoms. The molecule has 0 spiro atoms. The molecule has 2 nitrogen and oxygen atoms in total. The van der Waals surface area contributed by atoms with E-state index in [1.54, 1.807) is 6.07 Å². The Balaban J connectivity index is 2.32. The number of aromatic nitrogens is 2. The van der Waals surface area contributed by atoms with Gasteiger partial charge in [0.25, 0.3) is 0 Å². The smallest absolute Gasteiger partial charge is 0.131 e. The molecule has 0 aliphatic rings. The van der Waals surface area contributed by atoms with Crippen molar-refractivity contribution in [3.8, 4) is 0 Å². The summed E-state index contributed by atoms with van der Waals surface area (Å²) in [6.45, 7) is 0.831. The molecule has 1 heterocycles. The van der Waals surface area contributed by atoms with Crippen LogP contribution in [0.3, 0.4) is 0 Å². The summed E-state index contributed by atoms with van der Waals surface area (Å²) < 4.78 is 15.8. The van der Waals surface area contributed by atoms with Crippen LogP contribution in [0.25, 0.3) is 10.9 Å². The molecule has 86 valence electrons. The van der Waals surface area contributed by atoms with Gasteiger partial charge in [-0.05, 0) is 53.6 Å². The van der Waals surface area contributed by atoms with Crippen LogP contribution in [-0.2, 0) is 6.54 Å². The number of hydrogen-bond donors (Lipinski definition) is 0. The lowest BCUT2D eigenvalue weighted by Gasteiger charge is -2.01. The minimum absolute atomic E-state index is 0.217. The molecule has 0 saturated carbocycles. The molecule has 0 bridgehead atoms. The van der Waals surface area contributed by atoms with Gasteiger partial charge >= 0.3 is 0 Å². The Bertz CT molecular complexity index is 498. The van der Waals surface area contributed by atoms with Crippen LogP contribution < -0.4 is 0 Å². The van der Waals surface area contributed by atoms with E-state index >= 15 is 0 Å². The lowest BCUT2D eigenvalue weighted by Crippen LogP contribution is -2.00. The van der Waals surface area contributed by atoms with Crippen molar-refractivity contribution < 1.29 is 4.39 Å². The molecular formula is C11H11ClFIN2. The van der Waals surface area contributed by atoms with Crippen molar-refractivity contribution in [2.75, 3.05) is 5.88 Å². The molecule has 0 radical (unpaired) electrons. The van der Waals surface area contributed by atoms with Crippen LogP contribution in [0.5, 0.6) is 0 Å². The molecule has 16 heavy (non-hydrogen) atoms. The van der Waals surface area contributed by atoms with Gasteiger partial charge in [0.2, 0.25) is 0 Å². The quantitative estimate of drug-likeness (QED) is 0.465. The second kappa shape index (κ2) is 5.31. The van der Waals surface area contributed by atoms with E-state index < -0.39 is 0 Å². The number of fused-ring (bicyclic) bond motifs is 1. The van der Waals surface area contributed by atoms with E-state index in [0.717, 1.165) is 34.0 Å². The zero-order valence-corrected chi connectivity index (χ0v) is 11.5. The SMILES string of the molecule is Fc1ccc2c(c1)c(I)nn2CCCCCl. The Kier molecular flexibility index (Phi) is 4.02. The molecule has 1 aromatic heterocycles. The van der Waals surface area contributed by atoms with Crippen LogP contribution in [0.15, 0.2) is 18.2 Å². The van der Waals surface area contributed by atoms with Gasteiger partial charge in [-0.15, -0.1) is 11.6 Å². The number of halogens is 3. The molecule has 0 aliphatic carbocycles. The van der Waals surface area contributed by atoms with Crippen LogP contribution in [0.1, 0.15) is 12.8 Å². The van der Waals surface area contributed by atoms with E-state index in [1.165, 1.54) is 12.1 Å². The third-order valence-electron chi connectivity index (χ3n) is 2.42. The summed E-state index contributed by atoms with van der Waals surface area (Å²) in [6.07, 6.45) is 1.97. The van der Waals surface area contributed by atoms with Gasteiger partial charge in [-0.3, -0.25) is 4.68 Å². The van der Waals surface area contributed by atoms with Gasteiger partial charge in [0.1, 0.15) is 9.52 Å². The van der Waals surface area contributed by atoms with Crippen molar-refractivity contribution in [2.24, 2.45) is 0 Å². The van der Waals surface area contributed by atoms with E-state index in [4.69, 9.17) is 11.6 Å². The van der Waals surface area contributed by atoms with E-state index in [-0.39, 0.29) is 5.82 Å². The minimum Gasteiger partial charge on any atom is -0.264 e. The molecule has 0 N–H and O–H groups in total. The van der Waals surface area contributed by atoms with Crippen molar-refractivity contribution in [2.45, 2.75) is 19.4 Å². The Morgan fingerprint density at radius 3 is 2.94 bits per heavy atom. The van der Waals surface area contributed by atoms with Crippen molar-refractivity contribution >= 4 is 45.1 Å². The Labute approximate surface area is 112 Å². The number of hydrogen-bond acceptors (Lipinski definition) is 1. The first-order chi connectivity index (χ1) is 7.72. The number of nitrogens with zero attached hydrogens (tertiary/aromatic N) is 2. The van der Waals surface area contributed by atoms with Gasteiger partial charge in [-0.25, -0.2) is 4.39 Å². The normalized spacial score (nSPS) is 11.2. The monoisotopic (exact) mass is 352 g/mol. The first-order valence-corrected chi connectivity index (χ1v) is 6.71. The summed E-state index contributed by atoms with van der Waals surface area (Å²) in [6, 6.07) is 4.78. The second-order valence-electron chi connectivity index (χ2n) is 3.57.